The molecule has 1 aliphatic heterocycles. The van der Waals surface area contributed by atoms with Crippen molar-refractivity contribution in [3.8, 4) is 23.0 Å². The largest absolute Gasteiger partial charge is 0.493 e. The van der Waals surface area contributed by atoms with E-state index in [0.717, 1.165) is 12.7 Å². The fraction of sp³-hybridized carbons (Fsp3) is 0.286. The number of Topliss-reactive ketones (excluding diaryl/α,β-unsaturated/α-hetero) is 1. The van der Waals surface area contributed by atoms with Gasteiger partial charge in [0.25, 0.3) is 11.7 Å². The van der Waals surface area contributed by atoms with E-state index >= 15 is 0 Å². The van der Waals surface area contributed by atoms with E-state index in [4.69, 9.17) is 18.9 Å². The third-order valence-corrected chi connectivity index (χ3v) is 4.52. The van der Waals surface area contributed by atoms with Crippen LogP contribution in [0.3, 0.4) is 0 Å². The van der Waals surface area contributed by atoms with Crippen LogP contribution >= 0.6 is 0 Å². The number of rotatable bonds is 8. The van der Waals surface area contributed by atoms with E-state index in [-0.39, 0.29) is 29.4 Å². The Morgan fingerprint density at radius 3 is 2.47 bits per heavy atom. The van der Waals surface area contributed by atoms with Crippen LogP contribution in [0.5, 0.6) is 23.0 Å². The molecule has 0 fully saturated rings. The monoisotopic (exact) mass is 415 g/mol. The molecule has 0 aliphatic carbocycles. The lowest BCUT2D eigenvalue weighted by molar-refractivity contribution is -0.135. The molecule has 0 unspecified atom stereocenters. The van der Waals surface area contributed by atoms with Crippen LogP contribution in [0.4, 0.5) is 0 Å². The highest BCUT2D eigenvalue weighted by molar-refractivity contribution is 6.42. The number of methoxy groups -OCH3 is 3. The summed E-state index contributed by atoms with van der Waals surface area (Å²) in [5, 5.41) is 2.74. The van der Waals surface area contributed by atoms with Crippen molar-refractivity contribution in [2.45, 2.75) is 6.42 Å². The molecule has 1 aliphatic rings. The number of hydrogen-bond donors (Lipinski definition) is 1. The van der Waals surface area contributed by atoms with Gasteiger partial charge in [-0.3, -0.25) is 9.59 Å². The lowest BCUT2D eigenvalue weighted by atomic mass is 10.0. The van der Waals surface area contributed by atoms with E-state index in [9.17, 15) is 14.4 Å². The van der Waals surface area contributed by atoms with Crippen molar-refractivity contribution in [1.82, 2.24) is 5.32 Å². The molecule has 2 aromatic rings. The van der Waals surface area contributed by atoms with E-state index in [0.29, 0.717) is 24.5 Å². The molecule has 3 rings (SSSR count). The number of benzene rings is 2. The molecule has 0 radical (unpaired) electrons. The molecular formula is C21H21NO8. The highest BCUT2D eigenvalue weighted by atomic mass is 16.7. The van der Waals surface area contributed by atoms with E-state index in [1.165, 1.54) is 26.4 Å². The molecule has 158 valence electrons. The van der Waals surface area contributed by atoms with Gasteiger partial charge in [0.2, 0.25) is 6.79 Å². The molecule has 0 atom stereocenters. The third-order valence-electron chi connectivity index (χ3n) is 4.52. The van der Waals surface area contributed by atoms with Gasteiger partial charge in [0.05, 0.1) is 32.5 Å². The maximum atomic E-state index is 12.8. The van der Waals surface area contributed by atoms with E-state index in [1.807, 2.05) is 12.1 Å². The van der Waals surface area contributed by atoms with Crippen LogP contribution in [0.15, 0.2) is 30.3 Å². The van der Waals surface area contributed by atoms with Crippen molar-refractivity contribution in [1.29, 1.82) is 0 Å². The maximum absolute atomic E-state index is 12.8. The summed E-state index contributed by atoms with van der Waals surface area (Å²) in [6, 6.07) is 8.41. The van der Waals surface area contributed by atoms with Crippen LogP contribution in [0.2, 0.25) is 0 Å². The lowest BCUT2D eigenvalue weighted by Crippen LogP contribution is -2.29. The number of esters is 1. The smallest absolute Gasteiger partial charge is 0.379 e. The molecule has 30 heavy (non-hydrogen) atoms. The maximum Gasteiger partial charge on any atom is 0.379 e. The second kappa shape index (κ2) is 9.17. The Balaban J connectivity index is 1.79. The Morgan fingerprint density at radius 1 is 1.00 bits per heavy atom. The number of carbonyl (C=O) groups excluding carboxylic acids is 3. The van der Waals surface area contributed by atoms with E-state index < -0.39 is 17.7 Å². The molecule has 1 heterocycles. The Bertz CT molecular complexity index is 985. The second-order valence-electron chi connectivity index (χ2n) is 6.24. The number of hydrogen-bond acceptors (Lipinski definition) is 8. The van der Waals surface area contributed by atoms with Crippen LogP contribution in [-0.4, -0.2) is 52.3 Å². The molecule has 1 N–H and O–H groups in total. The summed E-state index contributed by atoms with van der Waals surface area (Å²) in [6.07, 6.45) is 0.524. The summed E-state index contributed by atoms with van der Waals surface area (Å²) in [4.78, 5) is 37.1. The second-order valence-corrected chi connectivity index (χ2v) is 6.24. The van der Waals surface area contributed by atoms with Gasteiger partial charge in [-0.25, -0.2) is 4.79 Å². The predicted octanol–water partition coefficient (Wildman–Crippen LogP) is 1.76. The van der Waals surface area contributed by atoms with Gasteiger partial charge in [-0.2, -0.15) is 0 Å². The molecule has 2 aromatic carbocycles. The Morgan fingerprint density at radius 2 is 1.77 bits per heavy atom. The number of carbonyl (C=O) groups is 3. The van der Waals surface area contributed by atoms with Crippen LogP contribution in [0.25, 0.3) is 0 Å². The van der Waals surface area contributed by atoms with Crippen LogP contribution in [0.1, 0.15) is 26.3 Å². The van der Waals surface area contributed by atoms with Crippen molar-refractivity contribution < 1.29 is 38.1 Å². The first-order chi connectivity index (χ1) is 14.5. The fourth-order valence-electron chi connectivity index (χ4n) is 3.05. The first kappa shape index (κ1) is 21.0. The average Bonchev–Trinajstić information content (AvgIpc) is 3.24. The first-order valence-corrected chi connectivity index (χ1v) is 9.04. The zero-order valence-electron chi connectivity index (χ0n) is 16.8. The molecule has 1 amide bonds. The van der Waals surface area contributed by atoms with Crippen molar-refractivity contribution in [3.05, 3.63) is 47.0 Å². The molecular weight excluding hydrogens is 394 g/mol. The minimum absolute atomic E-state index is 0.0173. The molecule has 0 spiro atoms. The molecule has 9 heteroatoms. The first-order valence-electron chi connectivity index (χ1n) is 9.04. The zero-order valence-corrected chi connectivity index (χ0v) is 16.8. The van der Waals surface area contributed by atoms with Gasteiger partial charge in [-0.05, 0) is 36.2 Å². The number of amides is 1. The van der Waals surface area contributed by atoms with Crippen molar-refractivity contribution >= 4 is 17.7 Å². The predicted molar refractivity (Wildman–Crippen MR) is 104 cm³/mol. The summed E-state index contributed by atoms with van der Waals surface area (Å²) < 4.78 is 25.5. The fourth-order valence-corrected chi connectivity index (χ4v) is 3.05. The summed E-state index contributed by atoms with van der Waals surface area (Å²) in [5.74, 6) is -1.13. The van der Waals surface area contributed by atoms with Gasteiger partial charge in [-0.1, -0.05) is 6.07 Å². The van der Waals surface area contributed by atoms with Gasteiger partial charge in [0.1, 0.15) is 0 Å². The number of fused-ring (bicyclic) bond motifs is 1. The normalized spacial score (nSPS) is 11.6. The average molecular weight is 415 g/mol. The quantitative estimate of drug-likeness (QED) is 0.395. The SMILES string of the molecule is COC(=O)C(=O)c1c(C(=O)NCCc2ccc3c(c2)OCO3)ccc(OC)c1OC. The minimum atomic E-state index is -1.11. The summed E-state index contributed by atoms with van der Waals surface area (Å²) in [5.41, 5.74) is 0.704. The summed E-state index contributed by atoms with van der Waals surface area (Å²) in [6.45, 7) is 0.477. The summed E-state index contributed by atoms with van der Waals surface area (Å²) in [7, 11) is 3.78. The standard InChI is InChI=1S/C21H21NO8/c1-26-15-7-5-13(17(19(15)27-2)18(23)21(25)28-3)20(24)22-9-8-12-4-6-14-16(10-12)30-11-29-14/h4-7,10H,8-9,11H2,1-3H3,(H,22,24). The lowest BCUT2D eigenvalue weighted by Gasteiger charge is -2.15. The Hall–Kier alpha value is -3.75. The third kappa shape index (κ3) is 4.14. The van der Waals surface area contributed by atoms with Crippen molar-refractivity contribution in [2.75, 3.05) is 34.7 Å². The minimum Gasteiger partial charge on any atom is -0.493 e. The topological polar surface area (TPSA) is 109 Å². The van der Waals surface area contributed by atoms with Crippen LogP contribution < -0.4 is 24.3 Å². The number of ketones is 1. The molecule has 9 nitrogen and oxygen atoms in total. The van der Waals surface area contributed by atoms with Gasteiger partial charge in [0, 0.05) is 6.54 Å². The summed E-state index contributed by atoms with van der Waals surface area (Å²) >= 11 is 0. The Kier molecular flexibility index (Phi) is 6.41. The van der Waals surface area contributed by atoms with Crippen molar-refractivity contribution in [2.24, 2.45) is 0 Å². The van der Waals surface area contributed by atoms with E-state index in [2.05, 4.69) is 10.1 Å². The highest BCUT2D eigenvalue weighted by Crippen LogP contribution is 2.34. The molecule has 0 aromatic heterocycles. The van der Waals surface area contributed by atoms with Crippen LogP contribution in [0, 0.1) is 0 Å². The van der Waals surface area contributed by atoms with Gasteiger partial charge in [-0.15, -0.1) is 0 Å². The van der Waals surface area contributed by atoms with Crippen molar-refractivity contribution in [3.63, 3.8) is 0 Å². The van der Waals surface area contributed by atoms with Gasteiger partial charge in [0.15, 0.2) is 23.0 Å². The number of ether oxygens (including phenoxy) is 5. The Labute approximate surface area is 172 Å². The van der Waals surface area contributed by atoms with E-state index in [1.54, 1.807) is 6.07 Å². The molecule has 0 bridgehead atoms. The molecule has 0 saturated carbocycles. The van der Waals surface area contributed by atoms with Gasteiger partial charge < -0.3 is 29.0 Å². The highest BCUT2D eigenvalue weighted by Gasteiger charge is 2.29. The number of nitrogens with one attached hydrogen (secondary N) is 1. The van der Waals surface area contributed by atoms with Crippen LogP contribution in [-0.2, 0) is 16.0 Å². The molecule has 0 saturated heterocycles. The zero-order chi connectivity index (χ0) is 21.7. The van der Waals surface area contributed by atoms with Gasteiger partial charge >= 0.3 is 5.97 Å².